The van der Waals surface area contributed by atoms with Crippen LogP contribution in [0.4, 0.5) is 4.79 Å². The van der Waals surface area contributed by atoms with Gasteiger partial charge in [0.15, 0.2) is 11.6 Å². The second-order valence-electron chi connectivity index (χ2n) is 6.15. The van der Waals surface area contributed by atoms with E-state index in [9.17, 15) is 9.90 Å². The van der Waals surface area contributed by atoms with Gasteiger partial charge in [0.05, 0.1) is 12.3 Å². The lowest BCUT2D eigenvalue weighted by molar-refractivity contribution is 0.178. The largest absolute Gasteiger partial charge is 0.388 e. The second kappa shape index (κ2) is 8.49. The third kappa shape index (κ3) is 4.15. The van der Waals surface area contributed by atoms with Gasteiger partial charge in [-0.15, -0.1) is 10.2 Å². The molecule has 2 aromatic heterocycles. The van der Waals surface area contributed by atoms with Crippen LogP contribution in [0.1, 0.15) is 42.1 Å². The summed E-state index contributed by atoms with van der Waals surface area (Å²) in [6.07, 6.45) is 3.58. The number of aliphatic hydroxyl groups excluding tert-OH is 1. The Morgan fingerprint density at radius 3 is 2.81 bits per heavy atom. The van der Waals surface area contributed by atoms with E-state index < -0.39 is 0 Å². The van der Waals surface area contributed by atoms with E-state index >= 15 is 0 Å². The Bertz CT molecular complexity index is 739. The van der Waals surface area contributed by atoms with Crippen LogP contribution in [0.3, 0.4) is 0 Å². The first-order valence-corrected chi connectivity index (χ1v) is 9.84. The highest BCUT2D eigenvalue weighted by Crippen LogP contribution is 2.26. The molecular formula is C15H23N7O3S. The summed E-state index contributed by atoms with van der Waals surface area (Å²) >= 11 is 1.61. The third-order valence-electron chi connectivity index (χ3n) is 4.46. The minimum atomic E-state index is -0.137. The van der Waals surface area contributed by atoms with Gasteiger partial charge in [-0.2, -0.15) is 16.7 Å². The van der Waals surface area contributed by atoms with Gasteiger partial charge in [0.2, 0.25) is 5.89 Å². The van der Waals surface area contributed by atoms with Gasteiger partial charge < -0.3 is 24.4 Å². The average Bonchev–Trinajstić information content (AvgIpc) is 3.26. The molecule has 0 radical (unpaired) electrons. The number of nitrogens with one attached hydrogen (secondary N) is 1. The van der Waals surface area contributed by atoms with Crippen molar-refractivity contribution in [3.63, 3.8) is 0 Å². The molecule has 0 bridgehead atoms. The van der Waals surface area contributed by atoms with Crippen LogP contribution in [0.25, 0.3) is 0 Å². The summed E-state index contributed by atoms with van der Waals surface area (Å²) in [6.45, 7) is 1.38. The number of urea groups is 1. The van der Waals surface area contributed by atoms with Crippen LogP contribution in [0, 0.1) is 0 Å². The van der Waals surface area contributed by atoms with Crippen molar-refractivity contribution in [2.75, 3.05) is 19.3 Å². The van der Waals surface area contributed by atoms with Gasteiger partial charge in [0.1, 0.15) is 12.4 Å². The molecule has 0 saturated carbocycles. The number of piperidine rings is 1. The van der Waals surface area contributed by atoms with Crippen molar-refractivity contribution in [2.24, 2.45) is 7.05 Å². The predicted octanol–water partition coefficient (Wildman–Crippen LogP) is 0.643. The number of likely N-dealkylation sites (tertiary alicyclic amines) is 1. The maximum absolute atomic E-state index is 12.3. The summed E-state index contributed by atoms with van der Waals surface area (Å²) in [5.41, 5.74) is 0. The SMILES string of the molecule is CSCc1noc(CNC(=O)N2CCC(c3nnc(CO)n3C)CC2)n1. The molecule has 0 unspecified atom stereocenters. The fourth-order valence-electron chi connectivity index (χ4n) is 3.02. The topological polar surface area (TPSA) is 122 Å². The lowest BCUT2D eigenvalue weighted by Crippen LogP contribution is -2.44. The molecule has 10 nitrogen and oxygen atoms in total. The van der Waals surface area contributed by atoms with Crippen LogP contribution in [0.5, 0.6) is 0 Å². The Labute approximate surface area is 155 Å². The van der Waals surface area contributed by atoms with Crippen LogP contribution >= 0.6 is 11.8 Å². The molecule has 0 spiro atoms. The van der Waals surface area contributed by atoms with E-state index in [2.05, 4.69) is 25.7 Å². The number of hydrogen-bond donors (Lipinski definition) is 2. The van der Waals surface area contributed by atoms with Crippen LogP contribution in [0.15, 0.2) is 4.52 Å². The maximum atomic E-state index is 12.3. The normalized spacial score (nSPS) is 15.4. The van der Waals surface area contributed by atoms with E-state index in [0.717, 1.165) is 18.7 Å². The number of rotatable bonds is 6. The van der Waals surface area contributed by atoms with Crippen LogP contribution in [0.2, 0.25) is 0 Å². The molecule has 0 aromatic carbocycles. The molecule has 3 rings (SSSR count). The number of thioether (sulfide) groups is 1. The highest BCUT2D eigenvalue weighted by Gasteiger charge is 2.27. The van der Waals surface area contributed by atoms with Gasteiger partial charge in [-0.3, -0.25) is 0 Å². The molecule has 1 aliphatic heterocycles. The van der Waals surface area contributed by atoms with Gasteiger partial charge in [-0.05, 0) is 19.1 Å². The van der Waals surface area contributed by atoms with E-state index in [-0.39, 0.29) is 25.1 Å². The fraction of sp³-hybridized carbons (Fsp3) is 0.667. The molecule has 142 valence electrons. The van der Waals surface area contributed by atoms with Crippen LogP contribution < -0.4 is 5.32 Å². The summed E-state index contributed by atoms with van der Waals surface area (Å²) in [7, 11) is 1.86. The van der Waals surface area contributed by atoms with Crippen molar-refractivity contribution in [1.82, 2.24) is 35.1 Å². The highest BCUT2D eigenvalue weighted by molar-refractivity contribution is 7.97. The van der Waals surface area contributed by atoms with E-state index in [1.807, 2.05) is 17.9 Å². The lowest BCUT2D eigenvalue weighted by atomic mass is 9.96. The smallest absolute Gasteiger partial charge is 0.317 e. The monoisotopic (exact) mass is 381 g/mol. The Morgan fingerprint density at radius 1 is 1.38 bits per heavy atom. The second-order valence-corrected chi connectivity index (χ2v) is 7.01. The molecule has 2 aromatic rings. The summed E-state index contributed by atoms with van der Waals surface area (Å²) in [5.74, 6) is 3.38. The average molecular weight is 381 g/mol. The third-order valence-corrected chi connectivity index (χ3v) is 5.01. The summed E-state index contributed by atoms with van der Waals surface area (Å²) < 4.78 is 6.95. The first-order chi connectivity index (χ1) is 12.6. The Balaban J connectivity index is 1.47. The minimum Gasteiger partial charge on any atom is -0.388 e. The fourth-order valence-corrected chi connectivity index (χ4v) is 3.40. The first kappa shape index (κ1) is 18.6. The van der Waals surface area contributed by atoms with Gasteiger partial charge in [-0.25, -0.2) is 4.79 Å². The van der Waals surface area contributed by atoms with Crippen molar-refractivity contribution >= 4 is 17.8 Å². The van der Waals surface area contributed by atoms with Gasteiger partial charge in [0.25, 0.3) is 0 Å². The first-order valence-electron chi connectivity index (χ1n) is 8.44. The summed E-state index contributed by atoms with van der Waals surface area (Å²) in [5, 5.41) is 24.1. The van der Waals surface area contributed by atoms with Crippen molar-refractivity contribution in [2.45, 2.75) is 37.7 Å². The van der Waals surface area contributed by atoms with Gasteiger partial charge in [-0.1, -0.05) is 5.16 Å². The molecule has 11 heteroatoms. The minimum absolute atomic E-state index is 0.126. The number of carbonyl (C=O) groups is 1. The Kier molecular flexibility index (Phi) is 6.09. The zero-order valence-electron chi connectivity index (χ0n) is 14.9. The van der Waals surface area contributed by atoms with Crippen LogP contribution in [-0.4, -0.2) is 60.3 Å². The predicted molar refractivity (Wildman–Crippen MR) is 94.2 cm³/mol. The zero-order chi connectivity index (χ0) is 18.5. The molecule has 0 atom stereocenters. The Morgan fingerprint density at radius 2 is 2.15 bits per heavy atom. The van der Waals surface area contributed by atoms with Gasteiger partial charge >= 0.3 is 6.03 Å². The van der Waals surface area contributed by atoms with Crippen molar-refractivity contribution in [3.8, 4) is 0 Å². The molecule has 0 aliphatic carbocycles. The highest BCUT2D eigenvalue weighted by atomic mass is 32.2. The standard InChI is InChI=1S/C15H23N7O3S/c1-21-12(8-23)18-19-14(21)10-3-5-22(6-4-10)15(24)16-7-13-17-11(9-26-2)20-25-13/h10,23H,3-9H2,1-2H3,(H,16,24). The quantitative estimate of drug-likeness (QED) is 0.747. The molecular weight excluding hydrogens is 358 g/mol. The number of hydrogen-bond acceptors (Lipinski definition) is 8. The van der Waals surface area contributed by atoms with Crippen molar-refractivity contribution in [3.05, 3.63) is 23.4 Å². The lowest BCUT2D eigenvalue weighted by Gasteiger charge is -2.31. The van der Waals surface area contributed by atoms with Gasteiger partial charge in [0, 0.05) is 26.1 Å². The van der Waals surface area contributed by atoms with E-state index in [0.29, 0.717) is 36.4 Å². The van der Waals surface area contributed by atoms with Crippen LogP contribution in [-0.2, 0) is 26.0 Å². The molecule has 1 fully saturated rings. The Hall–Kier alpha value is -2.14. The molecule has 1 aliphatic rings. The molecule has 2 amide bonds. The summed E-state index contributed by atoms with van der Waals surface area (Å²) in [4.78, 5) is 18.3. The van der Waals surface area contributed by atoms with E-state index in [4.69, 9.17) is 4.52 Å². The van der Waals surface area contributed by atoms with E-state index in [1.54, 1.807) is 16.7 Å². The number of aromatic nitrogens is 5. The van der Waals surface area contributed by atoms with Crippen molar-refractivity contribution < 1.29 is 14.4 Å². The number of nitrogens with zero attached hydrogens (tertiary/aromatic N) is 6. The zero-order valence-corrected chi connectivity index (χ0v) is 15.7. The van der Waals surface area contributed by atoms with E-state index in [1.165, 1.54) is 0 Å². The van der Waals surface area contributed by atoms with Crippen molar-refractivity contribution in [1.29, 1.82) is 0 Å². The molecule has 1 saturated heterocycles. The number of aliphatic hydroxyl groups is 1. The molecule has 26 heavy (non-hydrogen) atoms. The summed E-state index contributed by atoms with van der Waals surface area (Å²) in [6, 6.07) is -0.137. The number of amides is 2. The maximum Gasteiger partial charge on any atom is 0.317 e. The number of carbonyl (C=O) groups excluding carboxylic acids is 1. The molecule has 2 N–H and O–H groups in total. The molecule has 3 heterocycles.